The van der Waals surface area contributed by atoms with E-state index in [0.29, 0.717) is 11.5 Å². The molecule has 1 aromatic heterocycles. The molecule has 2 nitrogen and oxygen atoms in total. The molecule has 0 aliphatic carbocycles. The van der Waals surface area contributed by atoms with Gasteiger partial charge < -0.3 is 5.32 Å². The summed E-state index contributed by atoms with van der Waals surface area (Å²) < 4.78 is 0. The Morgan fingerprint density at radius 2 is 2.25 bits per heavy atom. The average molecular weight is 295 g/mol. The normalized spacial score (nSPS) is 19.1. The zero-order chi connectivity index (χ0) is 14.6. The highest BCUT2D eigenvalue weighted by Crippen LogP contribution is 2.29. The van der Waals surface area contributed by atoms with Crippen molar-refractivity contribution in [3.8, 4) is 0 Å². The lowest BCUT2D eigenvalue weighted by Gasteiger charge is -2.38. The van der Waals surface area contributed by atoms with Crippen LogP contribution in [-0.4, -0.2) is 30.6 Å². The minimum absolute atomic E-state index is 0.395. The zero-order valence-electron chi connectivity index (χ0n) is 13.5. The average Bonchev–Trinajstić information content (AvgIpc) is 2.84. The first kappa shape index (κ1) is 16.0. The Morgan fingerprint density at radius 1 is 1.45 bits per heavy atom. The Morgan fingerprint density at radius 3 is 2.95 bits per heavy atom. The molecule has 0 saturated carbocycles. The smallest absolute Gasteiger partial charge is 0.0245 e. The Balaban J connectivity index is 1.94. The fourth-order valence-electron chi connectivity index (χ4n) is 3.26. The van der Waals surface area contributed by atoms with Crippen LogP contribution in [0.1, 0.15) is 51.0 Å². The zero-order valence-corrected chi connectivity index (χ0v) is 14.4. The van der Waals surface area contributed by atoms with E-state index in [-0.39, 0.29) is 0 Å². The molecule has 1 unspecified atom stereocenters. The quantitative estimate of drug-likeness (QED) is 0.820. The minimum Gasteiger partial charge on any atom is -0.314 e. The van der Waals surface area contributed by atoms with Crippen LogP contribution < -0.4 is 5.32 Å². The predicted octanol–water partition coefficient (Wildman–Crippen LogP) is 3.91. The van der Waals surface area contributed by atoms with Crippen molar-refractivity contribution in [3.63, 3.8) is 0 Å². The van der Waals surface area contributed by atoms with E-state index in [2.05, 4.69) is 49.4 Å². The highest BCUT2D eigenvalue weighted by Gasteiger charge is 2.28. The van der Waals surface area contributed by atoms with Crippen molar-refractivity contribution in [3.05, 3.63) is 21.9 Å². The molecule has 0 fully saturated rings. The Labute approximate surface area is 128 Å². The number of rotatable bonds is 7. The molecule has 20 heavy (non-hydrogen) atoms. The maximum absolute atomic E-state index is 3.65. The molecule has 1 N–H and O–H groups in total. The third kappa shape index (κ3) is 4.31. The van der Waals surface area contributed by atoms with E-state index in [0.717, 1.165) is 13.1 Å². The van der Waals surface area contributed by atoms with Crippen LogP contribution in [0.25, 0.3) is 0 Å². The van der Waals surface area contributed by atoms with E-state index >= 15 is 0 Å². The number of hydrogen-bond donors (Lipinski definition) is 1. The van der Waals surface area contributed by atoms with Gasteiger partial charge in [0.05, 0.1) is 0 Å². The molecule has 1 aliphatic rings. The molecule has 0 spiro atoms. The molecule has 0 bridgehead atoms. The number of nitrogens with zero attached hydrogens (tertiary/aromatic N) is 1. The van der Waals surface area contributed by atoms with Gasteiger partial charge in [0.15, 0.2) is 0 Å². The maximum Gasteiger partial charge on any atom is 0.0245 e. The van der Waals surface area contributed by atoms with Crippen LogP contribution in [0.4, 0.5) is 0 Å². The van der Waals surface area contributed by atoms with Crippen LogP contribution in [0, 0.1) is 5.41 Å². The summed E-state index contributed by atoms with van der Waals surface area (Å²) in [6.07, 6.45) is 3.82. The first-order chi connectivity index (χ1) is 9.52. The first-order valence-electron chi connectivity index (χ1n) is 8.03. The van der Waals surface area contributed by atoms with Gasteiger partial charge in [0.2, 0.25) is 0 Å². The van der Waals surface area contributed by atoms with E-state index in [4.69, 9.17) is 0 Å². The minimum atomic E-state index is 0.395. The van der Waals surface area contributed by atoms with Crippen molar-refractivity contribution < 1.29 is 0 Å². The highest BCUT2D eigenvalue weighted by atomic mass is 32.1. The lowest BCUT2D eigenvalue weighted by atomic mass is 9.84. The van der Waals surface area contributed by atoms with Gasteiger partial charge in [-0.2, -0.15) is 0 Å². The van der Waals surface area contributed by atoms with E-state index < -0.39 is 0 Å². The molecule has 0 amide bonds. The van der Waals surface area contributed by atoms with Gasteiger partial charge in [0.1, 0.15) is 0 Å². The summed E-state index contributed by atoms with van der Waals surface area (Å²) in [7, 11) is 0. The highest BCUT2D eigenvalue weighted by molar-refractivity contribution is 7.10. The molecule has 114 valence electrons. The summed E-state index contributed by atoms with van der Waals surface area (Å²) in [6, 6.07) is 2.89. The monoisotopic (exact) mass is 294 g/mol. The standard InChI is InChI=1S/C17H30N2S/c1-5-8-17(4,12-18-14(2)3)13-19-9-6-16-15(11-19)7-10-20-16/h7,10,14,18H,5-6,8-9,11-13H2,1-4H3. The second-order valence-electron chi connectivity index (χ2n) is 6.93. The van der Waals surface area contributed by atoms with Gasteiger partial charge in [0.25, 0.3) is 0 Å². The van der Waals surface area contributed by atoms with Gasteiger partial charge in [0, 0.05) is 37.1 Å². The SMILES string of the molecule is CCCC(C)(CNC(C)C)CN1CCc2sccc2C1. The largest absolute Gasteiger partial charge is 0.314 e. The van der Waals surface area contributed by atoms with Gasteiger partial charge in [-0.25, -0.2) is 0 Å². The number of fused-ring (bicyclic) bond motifs is 1. The molecular weight excluding hydrogens is 264 g/mol. The van der Waals surface area contributed by atoms with E-state index in [1.165, 1.54) is 32.4 Å². The fourth-order valence-corrected chi connectivity index (χ4v) is 4.15. The topological polar surface area (TPSA) is 15.3 Å². The maximum atomic E-state index is 3.65. The molecule has 1 aromatic rings. The van der Waals surface area contributed by atoms with Crippen LogP contribution in [0.5, 0.6) is 0 Å². The molecule has 3 heteroatoms. The number of hydrogen-bond acceptors (Lipinski definition) is 3. The molecular formula is C17H30N2S. The fraction of sp³-hybridized carbons (Fsp3) is 0.765. The summed E-state index contributed by atoms with van der Waals surface area (Å²) in [4.78, 5) is 4.27. The number of thiophene rings is 1. The summed E-state index contributed by atoms with van der Waals surface area (Å²) in [5, 5.41) is 5.90. The summed E-state index contributed by atoms with van der Waals surface area (Å²) in [5.41, 5.74) is 1.96. The van der Waals surface area contributed by atoms with E-state index in [1.807, 2.05) is 11.3 Å². The van der Waals surface area contributed by atoms with E-state index in [1.54, 1.807) is 10.4 Å². The molecule has 2 rings (SSSR count). The molecule has 2 heterocycles. The van der Waals surface area contributed by atoms with Crippen LogP contribution >= 0.6 is 11.3 Å². The Kier molecular flexibility index (Phi) is 5.65. The Hall–Kier alpha value is -0.380. The van der Waals surface area contributed by atoms with Crippen LogP contribution in [-0.2, 0) is 13.0 Å². The third-order valence-electron chi connectivity index (χ3n) is 4.28. The van der Waals surface area contributed by atoms with Gasteiger partial charge in [-0.3, -0.25) is 4.90 Å². The van der Waals surface area contributed by atoms with Crippen molar-refractivity contribution in [1.82, 2.24) is 10.2 Å². The van der Waals surface area contributed by atoms with Crippen molar-refractivity contribution >= 4 is 11.3 Å². The van der Waals surface area contributed by atoms with Crippen LogP contribution in [0.2, 0.25) is 0 Å². The molecule has 1 atom stereocenters. The van der Waals surface area contributed by atoms with Crippen molar-refractivity contribution in [2.75, 3.05) is 19.6 Å². The summed E-state index contributed by atoms with van der Waals surface area (Å²) in [6.45, 7) is 14.0. The second kappa shape index (κ2) is 7.06. The molecule has 0 radical (unpaired) electrons. The van der Waals surface area contributed by atoms with Crippen LogP contribution in [0.3, 0.4) is 0 Å². The Bertz CT molecular complexity index is 413. The van der Waals surface area contributed by atoms with Gasteiger partial charge in [-0.1, -0.05) is 34.1 Å². The van der Waals surface area contributed by atoms with E-state index in [9.17, 15) is 0 Å². The lowest BCUT2D eigenvalue weighted by molar-refractivity contribution is 0.137. The van der Waals surface area contributed by atoms with Gasteiger partial charge in [-0.05, 0) is 35.3 Å². The van der Waals surface area contributed by atoms with Crippen molar-refractivity contribution in [2.45, 2.75) is 59.5 Å². The van der Waals surface area contributed by atoms with Gasteiger partial charge in [-0.15, -0.1) is 11.3 Å². The van der Waals surface area contributed by atoms with Gasteiger partial charge >= 0.3 is 0 Å². The molecule has 1 aliphatic heterocycles. The third-order valence-corrected chi connectivity index (χ3v) is 5.31. The number of nitrogens with one attached hydrogen (secondary N) is 1. The first-order valence-corrected chi connectivity index (χ1v) is 8.91. The predicted molar refractivity (Wildman–Crippen MR) is 89.5 cm³/mol. The van der Waals surface area contributed by atoms with Crippen molar-refractivity contribution in [1.29, 1.82) is 0 Å². The lowest BCUT2D eigenvalue weighted by Crippen LogP contribution is -2.45. The summed E-state index contributed by atoms with van der Waals surface area (Å²) in [5.74, 6) is 0. The van der Waals surface area contributed by atoms with Crippen LogP contribution in [0.15, 0.2) is 11.4 Å². The second-order valence-corrected chi connectivity index (χ2v) is 7.93. The van der Waals surface area contributed by atoms with Crippen molar-refractivity contribution in [2.24, 2.45) is 5.41 Å². The molecule has 0 saturated heterocycles. The summed E-state index contributed by atoms with van der Waals surface area (Å²) >= 11 is 1.93. The molecule has 0 aromatic carbocycles.